The third-order valence-corrected chi connectivity index (χ3v) is 10.7. The first-order valence-corrected chi connectivity index (χ1v) is 18.2. The number of aromatic nitrogens is 4. The molecule has 4 heterocycles. The van der Waals surface area contributed by atoms with Gasteiger partial charge in [0, 0.05) is 51.1 Å². The van der Waals surface area contributed by atoms with Crippen molar-refractivity contribution in [2.24, 2.45) is 0 Å². The lowest BCUT2D eigenvalue weighted by Gasteiger charge is -2.48. The number of hydrogen-bond donors (Lipinski definition) is 0. The van der Waals surface area contributed by atoms with Crippen LogP contribution in [0.4, 0.5) is 0 Å². The van der Waals surface area contributed by atoms with E-state index in [1.807, 2.05) is 22.9 Å². The Morgan fingerprint density at radius 3 is 2.50 bits per heavy atom. The van der Waals surface area contributed by atoms with Gasteiger partial charge in [0.15, 0.2) is 0 Å². The molecule has 0 atom stereocenters. The highest BCUT2D eigenvalue weighted by molar-refractivity contribution is 7.89. The normalized spacial score (nSPS) is 15.4. The smallest absolute Gasteiger partial charge is 0.243 e. The number of nitriles is 2. The van der Waals surface area contributed by atoms with Crippen molar-refractivity contribution in [2.75, 3.05) is 19.7 Å². The Morgan fingerprint density at radius 2 is 1.82 bits per heavy atom. The maximum absolute atomic E-state index is 13.1. The van der Waals surface area contributed by atoms with Crippen molar-refractivity contribution in [3.63, 3.8) is 0 Å². The van der Waals surface area contributed by atoms with Crippen molar-refractivity contribution >= 4 is 29.1 Å². The topological polar surface area (TPSA) is 130 Å². The number of sulfonamides is 1. The van der Waals surface area contributed by atoms with E-state index >= 15 is 0 Å². The molecule has 1 aliphatic rings. The molecule has 0 unspecified atom stereocenters. The van der Waals surface area contributed by atoms with Crippen LogP contribution in [0.2, 0.25) is 25.7 Å². The van der Waals surface area contributed by atoms with Crippen LogP contribution in [0.3, 0.4) is 0 Å². The van der Waals surface area contributed by atoms with Crippen LogP contribution in [0.25, 0.3) is 22.2 Å². The third-order valence-electron chi connectivity index (χ3n) is 7.23. The summed E-state index contributed by atoms with van der Waals surface area (Å²) in [6.07, 6.45) is 5.24. The van der Waals surface area contributed by atoms with Crippen LogP contribution < -0.4 is 0 Å². The van der Waals surface area contributed by atoms with Gasteiger partial charge in [0.05, 0.1) is 23.6 Å². The van der Waals surface area contributed by atoms with Crippen molar-refractivity contribution in [2.45, 2.75) is 49.3 Å². The maximum Gasteiger partial charge on any atom is 0.243 e. The molecule has 206 valence electrons. The van der Waals surface area contributed by atoms with Gasteiger partial charge in [-0.2, -0.15) is 19.9 Å². The molecule has 3 aromatic heterocycles. The number of ether oxygens (including phenoxy) is 1. The average molecular weight is 574 g/mol. The van der Waals surface area contributed by atoms with Gasteiger partial charge in [-0.3, -0.25) is 0 Å². The Balaban J connectivity index is 1.44. The largest absolute Gasteiger partial charge is 0.361 e. The molecule has 1 saturated heterocycles. The standard InChI is InChI=1S/C28H31N7O3SSi/c1-40(2,3)16-15-38-21-33-14-10-24-23(9-13-31-27(24)33)25-18-32-35(26(25)17-30)28(11-12-29)19-34(20-28)39(36,37)22-7-5-4-6-8-22/h4-10,13-14,18H,11,15-16,19-21H2,1-3H3. The fourth-order valence-electron chi connectivity index (χ4n) is 4.97. The van der Waals surface area contributed by atoms with Crippen molar-refractivity contribution in [1.82, 2.24) is 23.6 Å². The van der Waals surface area contributed by atoms with Crippen molar-refractivity contribution < 1.29 is 13.2 Å². The van der Waals surface area contributed by atoms with Gasteiger partial charge in [-0.1, -0.05) is 37.8 Å². The van der Waals surface area contributed by atoms with Crippen LogP contribution in [-0.2, 0) is 27.0 Å². The van der Waals surface area contributed by atoms with Gasteiger partial charge in [0.1, 0.15) is 29.7 Å². The quantitative estimate of drug-likeness (QED) is 0.203. The number of hydrogen-bond acceptors (Lipinski definition) is 7. The first-order valence-electron chi connectivity index (χ1n) is 13.0. The van der Waals surface area contributed by atoms with Crippen molar-refractivity contribution in [3.05, 3.63) is 66.7 Å². The SMILES string of the molecule is C[Si](C)(C)CCOCn1ccc2c(-c3cnn(C4(CC#N)CN(S(=O)(=O)c5ccccc5)C4)c3C#N)ccnc21. The van der Waals surface area contributed by atoms with E-state index in [0.717, 1.165) is 22.6 Å². The van der Waals surface area contributed by atoms with E-state index in [-0.39, 0.29) is 30.1 Å². The maximum atomic E-state index is 13.1. The fourth-order valence-corrected chi connectivity index (χ4v) is 7.35. The molecular formula is C28H31N7O3SSi. The summed E-state index contributed by atoms with van der Waals surface area (Å²) in [5.74, 6) is 0. The van der Waals surface area contributed by atoms with Gasteiger partial charge in [-0.15, -0.1) is 0 Å². The summed E-state index contributed by atoms with van der Waals surface area (Å²) in [6.45, 7) is 8.10. The molecule has 0 N–H and O–H groups in total. The number of pyridine rings is 1. The van der Waals surface area contributed by atoms with E-state index in [4.69, 9.17) is 4.74 Å². The molecule has 10 nitrogen and oxygen atoms in total. The van der Waals surface area contributed by atoms with Gasteiger partial charge in [-0.05, 0) is 35.9 Å². The second-order valence-electron chi connectivity index (χ2n) is 11.3. The highest BCUT2D eigenvalue weighted by Crippen LogP contribution is 2.39. The Morgan fingerprint density at radius 1 is 1.07 bits per heavy atom. The van der Waals surface area contributed by atoms with Crippen LogP contribution in [0.15, 0.2) is 66.0 Å². The predicted molar refractivity (Wildman–Crippen MR) is 153 cm³/mol. The molecule has 1 aliphatic heterocycles. The Bertz CT molecular complexity index is 1720. The Kier molecular flexibility index (Phi) is 7.38. The minimum absolute atomic E-state index is 0.0144. The minimum Gasteiger partial charge on any atom is -0.361 e. The van der Waals surface area contributed by atoms with Gasteiger partial charge in [0.25, 0.3) is 0 Å². The molecule has 12 heteroatoms. The number of benzene rings is 1. The highest BCUT2D eigenvalue weighted by Gasteiger charge is 2.51. The fraction of sp³-hybridized carbons (Fsp3) is 0.357. The van der Waals surface area contributed by atoms with Crippen LogP contribution in [-0.4, -0.2) is 59.8 Å². The van der Waals surface area contributed by atoms with E-state index in [1.54, 1.807) is 42.7 Å². The first-order chi connectivity index (χ1) is 19.1. The van der Waals surface area contributed by atoms with Crippen LogP contribution in [0, 0.1) is 22.7 Å². The molecule has 0 aliphatic carbocycles. The molecule has 0 amide bonds. The molecule has 4 aromatic rings. The lowest BCUT2D eigenvalue weighted by Crippen LogP contribution is -2.64. The molecular weight excluding hydrogens is 543 g/mol. The molecule has 0 bridgehead atoms. The van der Waals surface area contributed by atoms with E-state index in [2.05, 4.69) is 41.9 Å². The second kappa shape index (κ2) is 10.6. The lowest BCUT2D eigenvalue weighted by atomic mass is 9.88. The highest BCUT2D eigenvalue weighted by atomic mass is 32.2. The van der Waals surface area contributed by atoms with Crippen LogP contribution in [0.5, 0.6) is 0 Å². The van der Waals surface area contributed by atoms with E-state index in [1.165, 1.54) is 8.99 Å². The van der Waals surface area contributed by atoms with Gasteiger partial charge in [0.2, 0.25) is 10.0 Å². The zero-order chi connectivity index (χ0) is 28.5. The van der Waals surface area contributed by atoms with Crippen LogP contribution >= 0.6 is 0 Å². The lowest BCUT2D eigenvalue weighted by molar-refractivity contribution is 0.0708. The predicted octanol–water partition coefficient (Wildman–Crippen LogP) is 4.40. The molecule has 0 radical (unpaired) electrons. The first kappa shape index (κ1) is 27.7. The van der Waals surface area contributed by atoms with E-state index in [9.17, 15) is 18.9 Å². The monoisotopic (exact) mass is 573 g/mol. The second-order valence-corrected chi connectivity index (χ2v) is 18.9. The zero-order valence-electron chi connectivity index (χ0n) is 22.8. The van der Waals surface area contributed by atoms with Gasteiger partial charge < -0.3 is 9.30 Å². The summed E-state index contributed by atoms with van der Waals surface area (Å²) in [4.78, 5) is 4.74. The third kappa shape index (κ3) is 5.07. The molecule has 0 saturated carbocycles. The molecule has 1 aromatic carbocycles. The molecule has 5 rings (SSSR count). The van der Waals surface area contributed by atoms with Gasteiger partial charge >= 0.3 is 0 Å². The Labute approximate surface area is 235 Å². The van der Waals surface area contributed by atoms with Crippen LogP contribution in [0.1, 0.15) is 12.1 Å². The van der Waals surface area contributed by atoms with E-state index < -0.39 is 23.6 Å². The van der Waals surface area contributed by atoms with Crippen molar-refractivity contribution in [1.29, 1.82) is 10.5 Å². The summed E-state index contributed by atoms with van der Waals surface area (Å²) >= 11 is 0. The number of nitrogens with zero attached hydrogens (tertiary/aromatic N) is 7. The molecule has 0 spiro atoms. The number of rotatable bonds is 10. The summed E-state index contributed by atoms with van der Waals surface area (Å²) in [5, 5.41) is 25.3. The summed E-state index contributed by atoms with van der Waals surface area (Å²) in [5.41, 5.74) is 1.46. The summed E-state index contributed by atoms with van der Waals surface area (Å²) in [6, 6.07) is 17.5. The minimum atomic E-state index is -3.73. The molecule has 40 heavy (non-hydrogen) atoms. The Hall–Kier alpha value is -3.81. The zero-order valence-corrected chi connectivity index (χ0v) is 24.6. The summed E-state index contributed by atoms with van der Waals surface area (Å²) < 4.78 is 37.0. The summed E-state index contributed by atoms with van der Waals surface area (Å²) in [7, 11) is -4.92. The average Bonchev–Trinajstić information content (AvgIpc) is 3.52. The van der Waals surface area contributed by atoms with E-state index in [0.29, 0.717) is 18.9 Å². The molecule has 1 fully saturated rings. The number of fused-ring (bicyclic) bond motifs is 1. The van der Waals surface area contributed by atoms with Gasteiger partial charge in [-0.25, -0.2) is 18.1 Å². The van der Waals surface area contributed by atoms with Crippen molar-refractivity contribution in [3.8, 4) is 23.3 Å².